The fraction of sp³-hybridized carbons (Fsp3) is 0.409. The second kappa shape index (κ2) is 9.00. The van der Waals surface area contributed by atoms with Crippen LogP contribution in [0, 0.1) is 11.7 Å². The average molecular weight is 369 g/mol. The fourth-order valence-electron chi connectivity index (χ4n) is 3.51. The maximum Gasteiger partial charge on any atom is 0.251 e. The number of halogens is 1. The molecule has 0 bridgehead atoms. The normalized spacial score (nSPS) is 17.7. The zero-order valence-corrected chi connectivity index (χ0v) is 16.0. The number of benzene rings is 2. The zero-order valence-electron chi connectivity index (χ0n) is 16.0. The number of carbonyl (C=O) groups is 1. The van der Waals surface area contributed by atoms with E-state index in [4.69, 9.17) is 0 Å². The van der Waals surface area contributed by atoms with Gasteiger partial charge in [-0.2, -0.15) is 0 Å². The summed E-state index contributed by atoms with van der Waals surface area (Å²) in [7, 11) is 0. The highest BCUT2D eigenvalue weighted by Gasteiger charge is 2.22. The maximum atomic E-state index is 13.0. The molecule has 144 valence electrons. The molecule has 0 radical (unpaired) electrons. The van der Waals surface area contributed by atoms with Crippen molar-refractivity contribution >= 4 is 17.3 Å². The first-order chi connectivity index (χ1) is 13.0. The van der Waals surface area contributed by atoms with Gasteiger partial charge in [0.05, 0.1) is 0 Å². The molecule has 0 spiro atoms. The molecule has 1 aliphatic heterocycles. The van der Waals surface area contributed by atoms with Crippen molar-refractivity contribution in [3.8, 4) is 0 Å². The van der Waals surface area contributed by atoms with E-state index >= 15 is 0 Å². The second-order valence-corrected chi connectivity index (χ2v) is 7.52. The molecule has 1 aliphatic rings. The van der Waals surface area contributed by atoms with Gasteiger partial charge in [0.1, 0.15) is 5.82 Å². The second-order valence-electron chi connectivity index (χ2n) is 7.52. The highest BCUT2D eigenvalue weighted by molar-refractivity contribution is 5.95. The molecule has 4 nitrogen and oxygen atoms in total. The third kappa shape index (κ3) is 5.54. The summed E-state index contributed by atoms with van der Waals surface area (Å²) in [5, 5.41) is 6.28. The van der Waals surface area contributed by atoms with E-state index in [0.29, 0.717) is 24.1 Å². The Morgan fingerprint density at radius 2 is 1.96 bits per heavy atom. The Balaban J connectivity index is 1.56. The quantitative estimate of drug-likeness (QED) is 0.792. The fourth-order valence-corrected chi connectivity index (χ4v) is 3.51. The van der Waals surface area contributed by atoms with E-state index in [-0.39, 0.29) is 11.7 Å². The lowest BCUT2D eigenvalue weighted by Gasteiger charge is -2.35. The monoisotopic (exact) mass is 369 g/mol. The van der Waals surface area contributed by atoms with Crippen molar-refractivity contribution in [3.63, 3.8) is 0 Å². The minimum atomic E-state index is -0.271. The van der Waals surface area contributed by atoms with Gasteiger partial charge in [0.25, 0.3) is 5.91 Å². The van der Waals surface area contributed by atoms with Crippen molar-refractivity contribution in [2.75, 3.05) is 25.0 Å². The van der Waals surface area contributed by atoms with Gasteiger partial charge in [-0.25, -0.2) is 4.39 Å². The van der Waals surface area contributed by atoms with Crippen molar-refractivity contribution < 1.29 is 9.18 Å². The minimum Gasteiger partial charge on any atom is -0.356 e. The molecule has 1 amide bonds. The summed E-state index contributed by atoms with van der Waals surface area (Å²) >= 11 is 0. The molecular weight excluding hydrogens is 341 g/mol. The van der Waals surface area contributed by atoms with Crippen LogP contribution >= 0.6 is 0 Å². The van der Waals surface area contributed by atoms with E-state index in [1.807, 2.05) is 24.3 Å². The van der Waals surface area contributed by atoms with E-state index < -0.39 is 0 Å². The summed E-state index contributed by atoms with van der Waals surface area (Å²) in [6, 6.07) is 14.1. The van der Waals surface area contributed by atoms with Crippen LogP contribution in [0.2, 0.25) is 0 Å². The number of amides is 1. The van der Waals surface area contributed by atoms with Crippen LogP contribution in [0.25, 0.3) is 0 Å². The number of carbonyl (C=O) groups excluding carboxylic acids is 1. The summed E-state index contributed by atoms with van der Waals surface area (Å²) in [5.74, 6) is 0.178. The number of hydrogen-bond donors (Lipinski definition) is 2. The number of rotatable bonds is 6. The number of nitrogens with zero attached hydrogens (tertiary/aromatic N) is 1. The van der Waals surface area contributed by atoms with E-state index in [1.54, 1.807) is 12.1 Å². The third-order valence-corrected chi connectivity index (χ3v) is 5.09. The Bertz CT molecular complexity index is 760. The van der Waals surface area contributed by atoms with Crippen LogP contribution < -0.4 is 10.6 Å². The van der Waals surface area contributed by atoms with Crippen molar-refractivity contribution in [1.29, 1.82) is 0 Å². The van der Waals surface area contributed by atoms with Crippen LogP contribution in [0.3, 0.4) is 0 Å². The summed E-state index contributed by atoms with van der Waals surface area (Å²) in [6.07, 6.45) is 2.35. The molecule has 27 heavy (non-hydrogen) atoms. The van der Waals surface area contributed by atoms with E-state index in [0.717, 1.165) is 30.9 Å². The Kier molecular flexibility index (Phi) is 6.45. The molecule has 1 fully saturated rings. The molecular formula is C22H28FN3O. The van der Waals surface area contributed by atoms with E-state index in [1.165, 1.54) is 18.6 Å². The van der Waals surface area contributed by atoms with Crippen molar-refractivity contribution in [1.82, 2.24) is 10.2 Å². The standard InChI is InChI=1S/C22H28FN3O/c1-16(2)26-12-4-5-17(15-26)14-24-22(27)18-6-3-7-21(13-18)25-20-10-8-19(23)9-11-20/h3,6-11,13,16-17,25H,4-5,12,14-15H2,1-2H3,(H,24,27). The molecule has 5 heteroatoms. The molecule has 1 saturated heterocycles. The predicted molar refractivity (Wildman–Crippen MR) is 108 cm³/mol. The molecule has 2 aromatic carbocycles. The first-order valence-corrected chi connectivity index (χ1v) is 9.66. The number of hydrogen-bond acceptors (Lipinski definition) is 3. The van der Waals surface area contributed by atoms with Crippen LogP contribution in [0.1, 0.15) is 37.0 Å². The lowest BCUT2D eigenvalue weighted by atomic mass is 9.97. The first kappa shape index (κ1) is 19.4. The van der Waals surface area contributed by atoms with Crippen LogP contribution in [0.4, 0.5) is 15.8 Å². The van der Waals surface area contributed by atoms with Crippen molar-refractivity contribution in [3.05, 3.63) is 59.9 Å². The molecule has 3 rings (SSSR count). The Labute approximate surface area is 160 Å². The van der Waals surface area contributed by atoms with Crippen LogP contribution in [0.5, 0.6) is 0 Å². The molecule has 1 atom stereocenters. The summed E-state index contributed by atoms with van der Waals surface area (Å²) in [6.45, 7) is 7.35. The van der Waals surface area contributed by atoms with Gasteiger partial charge in [-0.05, 0) is 81.6 Å². The molecule has 0 aliphatic carbocycles. The van der Waals surface area contributed by atoms with E-state index in [9.17, 15) is 9.18 Å². The number of piperidine rings is 1. The topological polar surface area (TPSA) is 44.4 Å². The Hall–Kier alpha value is -2.40. The molecule has 0 saturated carbocycles. The van der Waals surface area contributed by atoms with Gasteiger partial charge in [0.15, 0.2) is 0 Å². The molecule has 1 heterocycles. The smallest absolute Gasteiger partial charge is 0.251 e. The summed E-state index contributed by atoms with van der Waals surface area (Å²) in [4.78, 5) is 15.0. The van der Waals surface area contributed by atoms with Crippen LogP contribution in [-0.4, -0.2) is 36.5 Å². The maximum absolute atomic E-state index is 13.0. The molecule has 2 N–H and O–H groups in total. The van der Waals surface area contributed by atoms with Gasteiger partial charge in [0, 0.05) is 36.1 Å². The van der Waals surface area contributed by atoms with Gasteiger partial charge < -0.3 is 15.5 Å². The van der Waals surface area contributed by atoms with Crippen LogP contribution in [0.15, 0.2) is 48.5 Å². The van der Waals surface area contributed by atoms with Gasteiger partial charge in [-0.1, -0.05) is 6.07 Å². The zero-order chi connectivity index (χ0) is 19.2. The highest BCUT2D eigenvalue weighted by Crippen LogP contribution is 2.20. The lowest BCUT2D eigenvalue weighted by Crippen LogP contribution is -2.43. The van der Waals surface area contributed by atoms with Gasteiger partial charge in [-0.15, -0.1) is 0 Å². The number of nitrogens with one attached hydrogen (secondary N) is 2. The summed E-state index contributed by atoms with van der Waals surface area (Å²) in [5.41, 5.74) is 2.21. The number of anilines is 2. The van der Waals surface area contributed by atoms with Crippen molar-refractivity contribution in [2.24, 2.45) is 5.92 Å². The van der Waals surface area contributed by atoms with Crippen molar-refractivity contribution in [2.45, 2.75) is 32.7 Å². The van der Waals surface area contributed by atoms with Crippen LogP contribution in [-0.2, 0) is 0 Å². The van der Waals surface area contributed by atoms with Gasteiger partial charge in [0.2, 0.25) is 0 Å². The lowest BCUT2D eigenvalue weighted by molar-refractivity contribution is 0.0922. The first-order valence-electron chi connectivity index (χ1n) is 9.66. The van der Waals surface area contributed by atoms with E-state index in [2.05, 4.69) is 29.4 Å². The molecule has 0 aromatic heterocycles. The summed E-state index contributed by atoms with van der Waals surface area (Å²) < 4.78 is 13.0. The minimum absolute atomic E-state index is 0.0561. The molecule has 2 aromatic rings. The largest absolute Gasteiger partial charge is 0.356 e. The number of likely N-dealkylation sites (tertiary alicyclic amines) is 1. The van der Waals surface area contributed by atoms with Gasteiger partial charge in [-0.3, -0.25) is 4.79 Å². The predicted octanol–water partition coefficient (Wildman–Crippen LogP) is 4.42. The highest BCUT2D eigenvalue weighted by atomic mass is 19.1. The SMILES string of the molecule is CC(C)N1CCCC(CNC(=O)c2cccc(Nc3ccc(F)cc3)c2)C1. The average Bonchev–Trinajstić information content (AvgIpc) is 2.68. The van der Waals surface area contributed by atoms with Gasteiger partial charge >= 0.3 is 0 Å². The Morgan fingerprint density at radius 1 is 1.19 bits per heavy atom. The Morgan fingerprint density at radius 3 is 2.70 bits per heavy atom. The third-order valence-electron chi connectivity index (χ3n) is 5.09. The molecule has 1 unspecified atom stereocenters.